The molecule has 0 heterocycles. The van der Waals surface area contributed by atoms with Gasteiger partial charge in [0.25, 0.3) is 0 Å². The van der Waals surface area contributed by atoms with Crippen LogP contribution < -0.4 is 5.32 Å². The summed E-state index contributed by atoms with van der Waals surface area (Å²) >= 11 is 0. The van der Waals surface area contributed by atoms with Gasteiger partial charge in [0.2, 0.25) is 5.91 Å². The Morgan fingerprint density at radius 2 is 0.778 bits per heavy atom. The van der Waals surface area contributed by atoms with Gasteiger partial charge in [-0.25, -0.2) is 0 Å². The normalized spacial score (nSPS) is 13.2. The number of rotatable bonds is 44. The van der Waals surface area contributed by atoms with Crippen molar-refractivity contribution in [2.75, 3.05) is 6.61 Å². The van der Waals surface area contributed by atoms with E-state index in [1.807, 2.05) is 0 Å². The molecule has 3 N–H and O–H groups in total. The summed E-state index contributed by atoms with van der Waals surface area (Å²) in [5.74, 6) is -0.459. The molecule has 6 heteroatoms. The fourth-order valence-electron chi connectivity index (χ4n) is 7.73. The molecule has 0 bridgehead atoms. The van der Waals surface area contributed by atoms with Crippen LogP contribution in [0.4, 0.5) is 0 Å². The van der Waals surface area contributed by atoms with Gasteiger partial charge in [-0.15, -0.1) is 0 Å². The molecule has 0 aliphatic rings. The standard InChI is InChI=1S/C48H95NO5/c1-4-7-10-13-16-19-22-23-24-25-26-28-31-34-37-40-46(51)45(43-50)49-47(52)42-44(39-36-33-30-27-20-17-14-11-8-5-2)54-48(53)41-38-35-32-29-21-18-15-12-9-6-3/h44-46,50-51H,4-43H2,1-3H3,(H,49,52). The molecule has 0 aromatic heterocycles. The van der Waals surface area contributed by atoms with Crippen molar-refractivity contribution in [3.63, 3.8) is 0 Å². The van der Waals surface area contributed by atoms with Crippen molar-refractivity contribution >= 4 is 11.9 Å². The van der Waals surface area contributed by atoms with Gasteiger partial charge in [-0.2, -0.15) is 0 Å². The number of nitrogens with one attached hydrogen (secondary N) is 1. The predicted octanol–water partition coefficient (Wildman–Crippen LogP) is 14.0. The fraction of sp³-hybridized carbons (Fsp3) is 0.958. The Bertz CT molecular complexity index is 776. The Hall–Kier alpha value is -1.14. The van der Waals surface area contributed by atoms with Crippen molar-refractivity contribution in [2.45, 2.75) is 289 Å². The smallest absolute Gasteiger partial charge is 0.306 e. The lowest BCUT2D eigenvalue weighted by atomic mass is 10.0. The zero-order valence-electron chi connectivity index (χ0n) is 36.6. The van der Waals surface area contributed by atoms with E-state index in [0.717, 1.165) is 44.9 Å². The lowest BCUT2D eigenvalue weighted by Crippen LogP contribution is -2.46. The molecule has 0 fully saturated rings. The number of unbranched alkanes of at least 4 members (excludes halogenated alkanes) is 32. The highest BCUT2D eigenvalue weighted by molar-refractivity contribution is 5.77. The number of aliphatic hydroxyl groups is 2. The molecule has 6 nitrogen and oxygen atoms in total. The Morgan fingerprint density at radius 1 is 0.463 bits per heavy atom. The van der Waals surface area contributed by atoms with Gasteiger partial charge in [0, 0.05) is 6.42 Å². The molecular formula is C48H95NO5. The van der Waals surface area contributed by atoms with Crippen molar-refractivity contribution < 1.29 is 24.5 Å². The number of esters is 1. The Morgan fingerprint density at radius 3 is 1.13 bits per heavy atom. The molecule has 3 atom stereocenters. The van der Waals surface area contributed by atoms with Crippen LogP contribution in [0.2, 0.25) is 0 Å². The first kappa shape index (κ1) is 52.9. The quantitative estimate of drug-likeness (QED) is 0.0424. The molecule has 0 aliphatic carbocycles. The van der Waals surface area contributed by atoms with Gasteiger partial charge in [0.1, 0.15) is 6.10 Å². The third-order valence-electron chi connectivity index (χ3n) is 11.4. The van der Waals surface area contributed by atoms with Crippen LogP contribution in [0.3, 0.4) is 0 Å². The summed E-state index contributed by atoms with van der Waals surface area (Å²) in [6, 6.07) is -0.690. The molecule has 0 spiro atoms. The number of hydrogen-bond acceptors (Lipinski definition) is 5. The summed E-state index contributed by atoms with van der Waals surface area (Å²) < 4.78 is 5.90. The summed E-state index contributed by atoms with van der Waals surface area (Å²) in [5, 5.41) is 23.7. The van der Waals surface area contributed by atoms with Crippen LogP contribution in [0.15, 0.2) is 0 Å². The van der Waals surface area contributed by atoms with E-state index < -0.39 is 18.2 Å². The van der Waals surface area contributed by atoms with Crippen LogP contribution >= 0.6 is 0 Å². The number of amides is 1. The summed E-state index contributed by atoms with van der Waals surface area (Å²) in [7, 11) is 0. The van der Waals surface area contributed by atoms with Crippen molar-refractivity contribution in [2.24, 2.45) is 0 Å². The Balaban J connectivity index is 4.44. The maximum absolute atomic E-state index is 13.1. The van der Waals surface area contributed by atoms with Gasteiger partial charge >= 0.3 is 5.97 Å². The summed E-state index contributed by atoms with van der Waals surface area (Å²) in [5.41, 5.74) is 0. The Kier molecular flexibility index (Phi) is 42.1. The zero-order chi connectivity index (χ0) is 39.6. The fourth-order valence-corrected chi connectivity index (χ4v) is 7.73. The SMILES string of the molecule is CCCCCCCCCCCCCCCCCC(O)C(CO)NC(=O)CC(CCCCCCCCCCCC)OC(=O)CCCCCCCCCCCC. The van der Waals surface area contributed by atoms with E-state index in [2.05, 4.69) is 26.1 Å². The molecular weight excluding hydrogens is 671 g/mol. The molecule has 0 radical (unpaired) electrons. The van der Waals surface area contributed by atoms with Crippen LogP contribution in [0.25, 0.3) is 0 Å². The van der Waals surface area contributed by atoms with E-state index >= 15 is 0 Å². The molecule has 0 saturated carbocycles. The third kappa shape index (κ3) is 37.8. The van der Waals surface area contributed by atoms with Crippen LogP contribution in [0.1, 0.15) is 271 Å². The predicted molar refractivity (Wildman–Crippen MR) is 232 cm³/mol. The highest BCUT2D eigenvalue weighted by Crippen LogP contribution is 2.18. The van der Waals surface area contributed by atoms with Crippen molar-refractivity contribution in [3.05, 3.63) is 0 Å². The molecule has 0 rings (SSSR count). The van der Waals surface area contributed by atoms with Crippen LogP contribution in [-0.2, 0) is 14.3 Å². The molecule has 0 aliphatic heterocycles. The molecule has 1 amide bonds. The molecule has 3 unspecified atom stereocenters. The van der Waals surface area contributed by atoms with Crippen LogP contribution in [0, 0.1) is 0 Å². The summed E-state index contributed by atoms with van der Waals surface area (Å²) in [6.07, 6.45) is 44.5. The summed E-state index contributed by atoms with van der Waals surface area (Å²) in [6.45, 7) is 6.48. The highest BCUT2D eigenvalue weighted by Gasteiger charge is 2.24. The van der Waals surface area contributed by atoms with Gasteiger partial charge in [0.15, 0.2) is 0 Å². The summed E-state index contributed by atoms with van der Waals surface area (Å²) in [4.78, 5) is 25.9. The minimum Gasteiger partial charge on any atom is -0.462 e. The number of hydrogen-bond donors (Lipinski definition) is 3. The lowest BCUT2D eigenvalue weighted by Gasteiger charge is -2.24. The Labute approximate surface area is 336 Å². The minimum absolute atomic E-state index is 0.0867. The van der Waals surface area contributed by atoms with E-state index in [4.69, 9.17) is 4.74 Å². The average molecular weight is 766 g/mol. The van der Waals surface area contributed by atoms with Crippen molar-refractivity contribution in [1.82, 2.24) is 5.32 Å². The lowest BCUT2D eigenvalue weighted by molar-refractivity contribution is -0.151. The highest BCUT2D eigenvalue weighted by atomic mass is 16.5. The van der Waals surface area contributed by atoms with Crippen molar-refractivity contribution in [1.29, 1.82) is 0 Å². The van der Waals surface area contributed by atoms with Crippen LogP contribution in [-0.4, -0.2) is 46.9 Å². The number of carbonyl (C=O) groups is 2. The number of aliphatic hydroxyl groups excluding tert-OH is 2. The first-order valence-electron chi connectivity index (χ1n) is 24.3. The van der Waals surface area contributed by atoms with Gasteiger partial charge < -0.3 is 20.3 Å². The third-order valence-corrected chi connectivity index (χ3v) is 11.4. The molecule has 0 aromatic rings. The zero-order valence-corrected chi connectivity index (χ0v) is 36.6. The topological polar surface area (TPSA) is 95.9 Å². The molecule has 0 saturated heterocycles. The van der Waals surface area contributed by atoms with E-state index in [-0.39, 0.29) is 24.9 Å². The maximum atomic E-state index is 13.1. The first-order chi connectivity index (χ1) is 26.5. The molecule has 54 heavy (non-hydrogen) atoms. The van der Waals surface area contributed by atoms with E-state index in [1.165, 1.54) is 180 Å². The van der Waals surface area contributed by atoms with Crippen molar-refractivity contribution in [3.8, 4) is 0 Å². The maximum Gasteiger partial charge on any atom is 0.306 e. The number of carbonyl (C=O) groups excluding carboxylic acids is 2. The minimum atomic E-state index is -0.778. The van der Waals surface area contributed by atoms with Gasteiger partial charge in [0.05, 0.1) is 25.2 Å². The molecule has 0 aromatic carbocycles. The van der Waals surface area contributed by atoms with E-state index in [1.54, 1.807) is 0 Å². The van der Waals surface area contributed by atoms with E-state index in [0.29, 0.717) is 19.3 Å². The second kappa shape index (κ2) is 43.0. The van der Waals surface area contributed by atoms with E-state index in [9.17, 15) is 19.8 Å². The molecule has 322 valence electrons. The first-order valence-corrected chi connectivity index (χ1v) is 24.3. The second-order valence-electron chi connectivity index (χ2n) is 16.9. The van der Waals surface area contributed by atoms with Gasteiger partial charge in [-0.3, -0.25) is 9.59 Å². The number of ether oxygens (including phenoxy) is 1. The van der Waals surface area contributed by atoms with Crippen LogP contribution in [0.5, 0.6) is 0 Å². The average Bonchev–Trinajstić information content (AvgIpc) is 3.16. The van der Waals surface area contributed by atoms with Gasteiger partial charge in [-0.1, -0.05) is 233 Å². The second-order valence-corrected chi connectivity index (χ2v) is 16.9. The largest absolute Gasteiger partial charge is 0.462 e. The van der Waals surface area contributed by atoms with Gasteiger partial charge in [-0.05, 0) is 25.7 Å². The monoisotopic (exact) mass is 766 g/mol.